The molecule has 1 amide bonds. The zero-order chi connectivity index (χ0) is 29.2. The number of halogens is 2. The van der Waals surface area contributed by atoms with Gasteiger partial charge in [0.1, 0.15) is 4.70 Å². The minimum Gasteiger partial charge on any atom is -0.335 e. The Labute approximate surface area is 251 Å². The number of carbonyl (C=O) groups is 1. The number of unbranched alkanes of at least 4 members (excludes halogenated alkanes) is 1. The van der Waals surface area contributed by atoms with Gasteiger partial charge in [-0.05, 0) is 61.7 Å². The van der Waals surface area contributed by atoms with E-state index in [-0.39, 0.29) is 12.3 Å². The monoisotopic (exact) mass is 662 g/mol. The molecule has 0 atom stereocenters. The molecule has 0 bridgehead atoms. The van der Waals surface area contributed by atoms with Gasteiger partial charge in [0.2, 0.25) is 22.1 Å². The van der Waals surface area contributed by atoms with E-state index in [1.807, 2.05) is 48.1 Å². The molecule has 0 radical (unpaired) electrons. The minimum atomic E-state index is -4.03. The smallest absolute Gasteiger partial charge is 0.299 e. The number of fused-ring (bicyclic) bond motifs is 2. The van der Waals surface area contributed by atoms with Gasteiger partial charge in [-0.1, -0.05) is 46.3 Å². The van der Waals surface area contributed by atoms with Crippen LogP contribution in [0.5, 0.6) is 0 Å². The molecule has 0 spiro atoms. The van der Waals surface area contributed by atoms with Gasteiger partial charge in [-0.2, -0.15) is 13.0 Å². The summed E-state index contributed by atoms with van der Waals surface area (Å²) in [6, 6.07) is 10.9. The Morgan fingerprint density at radius 1 is 1.10 bits per heavy atom. The summed E-state index contributed by atoms with van der Waals surface area (Å²) in [6.45, 7) is 2.21. The number of allylic oxidation sites excluding steroid dienone is 2. The predicted molar refractivity (Wildman–Crippen MR) is 162 cm³/mol. The van der Waals surface area contributed by atoms with E-state index in [4.69, 9.17) is 27.8 Å². The van der Waals surface area contributed by atoms with Crippen LogP contribution in [0.4, 0.5) is 5.69 Å². The summed E-state index contributed by atoms with van der Waals surface area (Å²) in [5, 5.41) is 2.69. The van der Waals surface area contributed by atoms with Crippen molar-refractivity contribution in [3.05, 3.63) is 68.1 Å². The van der Waals surface area contributed by atoms with Crippen LogP contribution in [0.2, 0.25) is 10.0 Å². The molecule has 3 aromatic rings. The van der Waals surface area contributed by atoms with Crippen LogP contribution in [0.25, 0.3) is 16.3 Å². The molecule has 40 heavy (non-hydrogen) atoms. The summed E-state index contributed by atoms with van der Waals surface area (Å²) >= 11 is 15.5. The number of nitrogens with one attached hydrogen (secondary N) is 1. The van der Waals surface area contributed by atoms with Crippen LogP contribution in [0.1, 0.15) is 24.8 Å². The quantitative estimate of drug-likeness (QED) is 0.175. The fourth-order valence-electron chi connectivity index (χ4n) is 4.13. The topological polar surface area (TPSA) is 125 Å². The molecule has 0 saturated carbocycles. The van der Waals surface area contributed by atoms with Crippen molar-refractivity contribution in [3.63, 3.8) is 0 Å². The molecule has 2 N–H and O–H groups in total. The molecule has 9 nitrogen and oxygen atoms in total. The number of hydrogen-bond donors (Lipinski definition) is 2. The van der Waals surface area contributed by atoms with E-state index in [0.717, 1.165) is 37.1 Å². The maximum absolute atomic E-state index is 12.5. The van der Waals surface area contributed by atoms with E-state index in [0.29, 0.717) is 34.9 Å². The Morgan fingerprint density at radius 2 is 1.80 bits per heavy atom. The molecule has 1 aliphatic rings. The van der Waals surface area contributed by atoms with Crippen molar-refractivity contribution in [2.75, 3.05) is 23.5 Å². The number of hydrogen-bond acceptors (Lipinski definition) is 8. The number of nitrogens with zero attached hydrogens (tertiary/aromatic N) is 2. The highest BCUT2D eigenvalue weighted by Crippen LogP contribution is 2.47. The number of thioether (sulfide) groups is 1. The summed E-state index contributed by atoms with van der Waals surface area (Å²) in [5.41, 5.74) is 2.47. The first-order valence-electron chi connectivity index (χ1n) is 11.9. The van der Waals surface area contributed by atoms with Crippen LogP contribution < -0.4 is 14.2 Å². The molecule has 2 aromatic carbocycles. The molecule has 0 unspecified atom stereocenters. The summed E-state index contributed by atoms with van der Waals surface area (Å²) in [7, 11) is -7.75. The number of carbonyl (C=O) groups excluding carboxylic acids is 1. The Bertz CT molecular complexity index is 1750. The van der Waals surface area contributed by atoms with Gasteiger partial charge in [0.15, 0.2) is 0 Å². The van der Waals surface area contributed by atoms with Crippen LogP contribution in [-0.4, -0.2) is 45.8 Å². The Hall–Kier alpha value is -2.13. The van der Waals surface area contributed by atoms with Crippen molar-refractivity contribution in [2.45, 2.75) is 31.2 Å². The second kappa shape index (κ2) is 12.4. The first kappa shape index (κ1) is 30.8. The molecule has 4 rings (SSSR count). The number of amides is 1. The van der Waals surface area contributed by atoms with Crippen LogP contribution >= 0.6 is 46.3 Å². The van der Waals surface area contributed by atoms with Crippen molar-refractivity contribution < 1.29 is 30.7 Å². The summed E-state index contributed by atoms with van der Waals surface area (Å²) in [5.74, 6) is -0.982. The largest absolute Gasteiger partial charge is 0.335 e. The number of rotatable bonds is 10. The lowest BCUT2D eigenvalue weighted by molar-refractivity contribution is -0.655. The van der Waals surface area contributed by atoms with E-state index >= 15 is 0 Å². The van der Waals surface area contributed by atoms with Gasteiger partial charge in [-0.3, -0.25) is 9.35 Å². The van der Waals surface area contributed by atoms with Gasteiger partial charge in [0, 0.05) is 33.6 Å². The van der Waals surface area contributed by atoms with Gasteiger partial charge in [-0.15, -0.1) is 0 Å². The average Bonchev–Trinajstić information content (AvgIpc) is 3.31. The molecule has 15 heteroatoms. The molecule has 0 saturated heterocycles. The van der Waals surface area contributed by atoms with Gasteiger partial charge < -0.3 is 4.90 Å². The minimum absolute atomic E-state index is 0.221. The molecule has 1 aromatic heterocycles. The van der Waals surface area contributed by atoms with E-state index in [2.05, 4.69) is 4.90 Å². The number of thiazole rings is 1. The van der Waals surface area contributed by atoms with Crippen molar-refractivity contribution >= 4 is 94.3 Å². The third-order valence-electron chi connectivity index (χ3n) is 5.72. The number of benzene rings is 2. The van der Waals surface area contributed by atoms with Crippen LogP contribution in [0.15, 0.2) is 58.0 Å². The molecule has 2 heterocycles. The van der Waals surface area contributed by atoms with Gasteiger partial charge in [-0.25, -0.2) is 13.1 Å². The highest BCUT2D eigenvalue weighted by molar-refractivity contribution is 8.03. The number of anilines is 1. The SMILES string of the molecule is CC(/C=C1\Sc2ccc(Cl)cc2N1CCCCS(=O)(=O)O)=C\c1sc2ccc(Cl)cc2[n+]1CC(=O)NS(C)(=O)=O. The Morgan fingerprint density at radius 3 is 2.50 bits per heavy atom. The second-order valence-electron chi connectivity index (χ2n) is 9.17. The fraction of sp³-hybridized carbons (Fsp3) is 0.280. The highest BCUT2D eigenvalue weighted by Gasteiger charge is 2.27. The van der Waals surface area contributed by atoms with Gasteiger partial charge in [0.05, 0.1) is 22.7 Å². The standard InChI is InChI=1S/C25H25Cl2N3O6S4/c1-16(11-24-29(9-3-4-10-40(34,35)36)19-13-17(26)5-7-21(19)37-24)12-25-30(15-23(31)28-39(2,32)33)20-14-18(27)6-8-22(20)38-25/h5-8,11-14H,3-4,9-10,15H2,1-2H3,(H-,28,31,34,35,36)/p+1. The molecule has 0 fully saturated rings. The number of sulfonamides is 1. The summed E-state index contributed by atoms with van der Waals surface area (Å²) in [6.07, 6.45) is 5.65. The van der Waals surface area contributed by atoms with Crippen molar-refractivity contribution in [1.82, 2.24) is 4.72 Å². The molecule has 214 valence electrons. The van der Waals surface area contributed by atoms with Gasteiger partial charge >= 0.3 is 0 Å². The average molecular weight is 664 g/mol. The van der Waals surface area contributed by atoms with E-state index < -0.39 is 26.0 Å². The number of aromatic nitrogens is 1. The summed E-state index contributed by atoms with van der Waals surface area (Å²) in [4.78, 5) is 15.6. The van der Waals surface area contributed by atoms with E-state index in [9.17, 15) is 21.6 Å². The summed E-state index contributed by atoms with van der Waals surface area (Å²) < 4.78 is 59.1. The molecular weight excluding hydrogens is 637 g/mol. The normalized spacial score (nSPS) is 15.2. The lowest BCUT2D eigenvalue weighted by Gasteiger charge is -2.20. The third-order valence-corrected chi connectivity index (χ3v) is 9.82. The van der Waals surface area contributed by atoms with Crippen molar-refractivity contribution in [1.29, 1.82) is 0 Å². The Balaban J connectivity index is 1.67. The van der Waals surface area contributed by atoms with Crippen LogP contribution in [0, 0.1) is 0 Å². The predicted octanol–water partition coefficient (Wildman–Crippen LogP) is 5.10. The third kappa shape index (κ3) is 8.21. The van der Waals surface area contributed by atoms with Gasteiger partial charge in [0.25, 0.3) is 21.0 Å². The van der Waals surface area contributed by atoms with E-state index in [1.165, 1.54) is 11.3 Å². The van der Waals surface area contributed by atoms with Crippen LogP contribution in [-0.2, 0) is 31.5 Å². The fourth-order valence-corrected chi connectivity index (χ4v) is 7.84. The maximum atomic E-state index is 12.5. The maximum Gasteiger partial charge on any atom is 0.299 e. The van der Waals surface area contributed by atoms with Crippen molar-refractivity contribution in [2.24, 2.45) is 0 Å². The molecule has 0 aliphatic carbocycles. The zero-order valence-corrected chi connectivity index (χ0v) is 26.2. The first-order valence-corrected chi connectivity index (χ1v) is 17.8. The second-order valence-corrected chi connectivity index (χ2v) is 15.5. The van der Waals surface area contributed by atoms with Crippen molar-refractivity contribution in [3.8, 4) is 0 Å². The molecular formula is C25H26Cl2N3O6S4+. The highest BCUT2D eigenvalue weighted by atomic mass is 35.5. The van der Waals surface area contributed by atoms with Crippen LogP contribution in [0.3, 0.4) is 0 Å². The molecule has 1 aliphatic heterocycles. The lowest BCUT2D eigenvalue weighted by Crippen LogP contribution is -2.45. The Kier molecular flexibility index (Phi) is 9.55. The zero-order valence-electron chi connectivity index (χ0n) is 21.4. The first-order chi connectivity index (χ1) is 18.7. The van der Waals surface area contributed by atoms with E-state index in [1.54, 1.807) is 28.5 Å². The lowest BCUT2D eigenvalue weighted by atomic mass is 10.2.